The van der Waals surface area contributed by atoms with E-state index in [9.17, 15) is 4.79 Å². The van der Waals surface area contributed by atoms with Crippen LogP contribution in [0.1, 0.15) is 27.4 Å². The van der Waals surface area contributed by atoms with Gasteiger partial charge in [-0.15, -0.1) is 0 Å². The zero-order valence-electron chi connectivity index (χ0n) is 10.8. The average Bonchev–Trinajstić information content (AvgIpc) is 2.73. The molecule has 0 aliphatic rings. The van der Waals surface area contributed by atoms with E-state index < -0.39 is 0 Å². The monoisotopic (exact) mass is 248 g/mol. The number of hydrogen-bond acceptors (Lipinski definition) is 4. The van der Waals surface area contributed by atoms with Gasteiger partial charge in [-0.05, 0) is 20.8 Å². The minimum Gasteiger partial charge on any atom is -0.394 e. The molecule has 0 unspecified atom stereocenters. The molecule has 0 radical (unpaired) electrons. The number of aromatic amines is 1. The zero-order chi connectivity index (χ0) is 13.4. The molecule has 4 N–H and O–H groups in total. The number of carbonyl (C=O) groups excluding carboxylic acids is 1. The van der Waals surface area contributed by atoms with Gasteiger partial charge in [0.2, 0.25) is 0 Å². The molecule has 0 bridgehead atoms. The summed E-state index contributed by atoms with van der Waals surface area (Å²) >= 11 is 0. The van der Waals surface area contributed by atoms with Gasteiger partial charge in [-0.2, -0.15) is 10.2 Å². The highest BCUT2D eigenvalue weighted by molar-refractivity contribution is 6.06. The fraction of sp³-hybridized carbons (Fsp3) is 0.364. The molecule has 2 rings (SSSR count). The highest BCUT2D eigenvalue weighted by atomic mass is 16.1. The van der Waals surface area contributed by atoms with Gasteiger partial charge in [0.05, 0.1) is 22.6 Å². The summed E-state index contributed by atoms with van der Waals surface area (Å²) in [5, 5.41) is 13.5. The Balaban J connectivity index is 2.30. The number of nitrogen functional groups attached to an aromatic ring is 1. The van der Waals surface area contributed by atoms with Crippen LogP contribution in [0.25, 0.3) is 0 Å². The summed E-state index contributed by atoms with van der Waals surface area (Å²) in [6, 6.07) is 0. The number of amides is 1. The topological polar surface area (TPSA) is 102 Å². The quantitative estimate of drug-likeness (QED) is 0.734. The van der Waals surface area contributed by atoms with Crippen molar-refractivity contribution in [3.05, 3.63) is 22.6 Å². The molecule has 0 fully saturated rings. The number of H-pyrrole nitrogens is 1. The Morgan fingerprint density at radius 3 is 2.50 bits per heavy atom. The largest absolute Gasteiger partial charge is 0.394 e. The number of rotatable bonds is 2. The average molecular weight is 248 g/mol. The van der Waals surface area contributed by atoms with Gasteiger partial charge in [-0.3, -0.25) is 14.6 Å². The number of carbonyl (C=O) groups is 1. The zero-order valence-corrected chi connectivity index (χ0v) is 10.8. The summed E-state index contributed by atoms with van der Waals surface area (Å²) in [4.78, 5) is 12.2. The molecule has 0 saturated carbocycles. The van der Waals surface area contributed by atoms with Gasteiger partial charge >= 0.3 is 0 Å². The van der Waals surface area contributed by atoms with E-state index in [0.717, 1.165) is 11.4 Å². The van der Waals surface area contributed by atoms with Crippen LogP contribution in [0, 0.1) is 20.8 Å². The van der Waals surface area contributed by atoms with Gasteiger partial charge < -0.3 is 11.1 Å². The maximum Gasteiger partial charge on any atom is 0.260 e. The third-order valence-corrected chi connectivity index (χ3v) is 2.96. The Labute approximate surface area is 104 Å². The third kappa shape index (κ3) is 1.83. The molecular formula is C11H16N6O. The third-order valence-electron chi connectivity index (χ3n) is 2.96. The van der Waals surface area contributed by atoms with E-state index in [1.165, 1.54) is 0 Å². The molecule has 2 heterocycles. The summed E-state index contributed by atoms with van der Waals surface area (Å²) in [5.74, 6) is 0.0939. The Bertz CT molecular complexity index is 609. The van der Waals surface area contributed by atoms with Crippen LogP contribution in [0.4, 0.5) is 11.5 Å². The first-order valence-corrected chi connectivity index (χ1v) is 5.53. The normalized spacial score (nSPS) is 10.7. The van der Waals surface area contributed by atoms with E-state index in [1.807, 2.05) is 6.92 Å². The SMILES string of the molecule is Cc1nn(C)c(C)c1C(=O)Nc1n[nH]c(C)c1N. The summed E-state index contributed by atoms with van der Waals surface area (Å²) in [6.07, 6.45) is 0. The number of nitrogens with one attached hydrogen (secondary N) is 2. The van der Waals surface area contributed by atoms with E-state index >= 15 is 0 Å². The molecule has 0 atom stereocenters. The van der Waals surface area contributed by atoms with Crippen LogP contribution in [0.15, 0.2) is 0 Å². The fourth-order valence-electron chi connectivity index (χ4n) is 1.81. The molecule has 0 aliphatic carbocycles. The highest BCUT2D eigenvalue weighted by Crippen LogP contribution is 2.20. The molecule has 18 heavy (non-hydrogen) atoms. The minimum atomic E-state index is -0.253. The van der Waals surface area contributed by atoms with Gasteiger partial charge in [0, 0.05) is 12.7 Å². The molecular weight excluding hydrogens is 232 g/mol. The van der Waals surface area contributed by atoms with Crippen molar-refractivity contribution in [3.8, 4) is 0 Å². The van der Waals surface area contributed by atoms with Crippen molar-refractivity contribution < 1.29 is 4.79 Å². The number of anilines is 2. The van der Waals surface area contributed by atoms with Crippen LogP contribution >= 0.6 is 0 Å². The van der Waals surface area contributed by atoms with Crippen molar-refractivity contribution in [1.82, 2.24) is 20.0 Å². The van der Waals surface area contributed by atoms with Crippen LogP contribution < -0.4 is 11.1 Å². The van der Waals surface area contributed by atoms with Crippen molar-refractivity contribution in [2.75, 3.05) is 11.1 Å². The van der Waals surface area contributed by atoms with Crippen LogP contribution in [-0.4, -0.2) is 25.9 Å². The molecule has 0 aromatic carbocycles. The second-order valence-corrected chi connectivity index (χ2v) is 4.23. The van der Waals surface area contributed by atoms with Gasteiger partial charge in [0.1, 0.15) is 0 Å². The Morgan fingerprint density at radius 2 is 2.06 bits per heavy atom. The van der Waals surface area contributed by atoms with Crippen LogP contribution in [0.5, 0.6) is 0 Å². The molecule has 2 aromatic rings. The first kappa shape index (κ1) is 12.2. The smallest absolute Gasteiger partial charge is 0.260 e. The van der Waals surface area contributed by atoms with Gasteiger partial charge in [-0.1, -0.05) is 0 Å². The lowest BCUT2D eigenvalue weighted by Gasteiger charge is -2.03. The summed E-state index contributed by atoms with van der Waals surface area (Å²) < 4.78 is 1.67. The molecule has 0 spiro atoms. The Hall–Kier alpha value is -2.31. The number of nitrogens with two attached hydrogens (primary N) is 1. The molecule has 96 valence electrons. The highest BCUT2D eigenvalue weighted by Gasteiger charge is 2.19. The molecule has 0 aliphatic heterocycles. The molecule has 2 aromatic heterocycles. The van der Waals surface area contributed by atoms with E-state index in [0.29, 0.717) is 22.8 Å². The number of nitrogens with zero attached hydrogens (tertiary/aromatic N) is 3. The number of hydrogen-bond donors (Lipinski definition) is 3. The van der Waals surface area contributed by atoms with Crippen molar-refractivity contribution in [1.29, 1.82) is 0 Å². The van der Waals surface area contributed by atoms with E-state index in [-0.39, 0.29) is 5.91 Å². The summed E-state index contributed by atoms with van der Waals surface area (Å²) in [7, 11) is 1.80. The maximum absolute atomic E-state index is 12.2. The first-order chi connectivity index (χ1) is 8.41. The summed E-state index contributed by atoms with van der Waals surface area (Å²) in [6.45, 7) is 5.42. The van der Waals surface area contributed by atoms with Crippen molar-refractivity contribution in [2.24, 2.45) is 7.05 Å². The summed E-state index contributed by atoms with van der Waals surface area (Å²) in [5.41, 5.74) is 8.99. The van der Waals surface area contributed by atoms with Crippen molar-refractivity contribution in [3.63, 3.8) is 0 Å². The molecule has 0 saturated heterocycles. The predicted molar refractivity (Wildman–Crippen MR) is 68.4 cm³/mol. The van der Waals surface area contributed by atoms with Crippen molar-refractivity contribution in [2.45, 2.75) is 20.8 Å². The van der Waals surface area contributed by atoms with Crippen molar-refractivity contribution >= 4 is 17.4 Å². The Kier molecular flexibility index (Phi) is 2.82. The van der Waals surface area contributed by atoms with Gasteiger partial charge in [-0.25, -0.2) is 0 Å². The van der Waals surface area contributed by atoms with E-state index in [1.54, 1.807) is 25.6 Å². The molecule has 7 heteroatoms. The number of aryl methyl sites for hydroxylation is 3. The van der Waals surface area contributed by atoms with Crippen LogP contribution in [0.3, 0.4) is 0 Å². The van der Waals surface area contributed by atoms with Crippen LogP contribution in [-0.2, 0) is 7.05 Å². The fourth-order valence-corrected chi connectivity index (χ4v) is 1.81. The lowest BCUT2D eigenvalue weighted by atomic mass is 10.2. The lowest BCUT2D eigenvalue weighted by molar-refractivity contribution is 0.102. The van der Waals surface area contributed by atoms with E-state index in [4.69, 9.17) is 5.73 Å². The van der Waals surface area contributed by atoms with Crippen LogP contribution in [0.2, 0.25) is 0 Å². The van der Waals surface area contributed by atoms with Gasteiger partial charge in [0.25, 0.3) is 5.91 Å². The van der Waals surface area contributed by atoms with E-state index in [2.05, 4.69) is 20.6 Å². The Morgan fingerprint density at radius 1 is 1.39 bits per heavy atom. The van der Waals surface area contributed by atoms with Gasteiger partial charge in [0.15, 0.2) is 5.82 Å². The second-order valence-electron chi connectivity index (χ2n) is 4.23. The molecule has 1 amide bonds. The number of aromatic nitrogens is 4. The maximum atomic E-state index is 12.2. The standard InChI is InChI=1S/C11H16N6O/c1-5-8(7(3)17(4)16-5)11(18)13-10-9(12)6(2)14-15-10/h12H2,1-4H3,(H2,13,14,15,18). The first-order valence-electron chi connectivity index (χ1n) is 5.53. The minimum absolute atomic E-state index is 0.253. The lowest BCUT2D eigenvalue weighted by Crippen LogP contribution is -2.15. The predicted octanol–water partition coefficient (Wildman–Crippen LogP) is 0.903. The molecule has 7 nitrogen and oxygen atoms in total. The second kappa shape index (κ2) is 4.17.